The van der Waals surface area contributed by atoms with Gasteiger partial charge in [-0.05, 0) is 66.9 Å². The number of aromatic nitrogens is 1. The van der Waals surface area contributed by atoms with Crippen molar-refractivity contribution < 1.29 is 14.7 Å². The summed E-state index contributed by atoms with van der Waals surface area (Å²) in [6.45, 7) is 1.91. The molecule has 6 nitrogen and oxygen atoms in total. The molecule has 0 aliphatic carbocycles. The van der Waals surface area contributed by atoms with E-state index in [1.54, 1.807) is 12.1 Å². The van der Waals surface area contributed by atoms with Gasteiger partial charge in [-0.3, -0.25) is 9.59 Å². The Morgan fingerprint density at radius 2 is 1.79 bits per heavy atom. The van der Waals surface area contributed by atoms with Crippen LogP contribution in [0.2, 0.25) is 0 Å². The molecule has 1 heterocycles. The van der Waals surface area contributed by atoms with Crippen LogP contribution in [0.3, 0.4) is 0 Å². The van der Waals surface area contributed by atoms with E-state index in [0.29, 0.717) is 12.0 Å². The predicted molar refractivity (Wildman–Crippen MR) is 110 cm³/mol. The van der Waals surface area contributed by atoms with Crippen LogP contribution in [0.4, 0.5) is 5.69 Å². The molecule has 6 heteroatoms. The summed E-state index contributed by atoms with van der Waals surface area (Å²) in [4.78, 5) is 22.6. The average Bonchev–Trinajstić information content (AvgIpc) is 3.10. The summed E-state index contributed by atoms with van der Waals surface area (Å²) in [6, 6.07) is 17.3. The quantitative estimate of drug-likeness (QED) is 0.586. The second-order valence-electron chi connectivity index (χ2n) is 6.63. The molecule has 0 aliphatic rings. The molecule has 0 saturated carbocycles. The minimum atomic E-state index is -0.839. The molecular formula is C22H23N3O3. The molecule has 3 rings (SSSR count). The van der Waals surface area contributed by atoms with Gasteiger partial charge in [0.15, 0.2) is 0 Å². The summed E-state index contributed by atoms with van der Waals surface area (Å²) in [6.07, 6.45) is 0.446. The number of carbonyl (C=O) groups excluding carboxylic acids is 1. The summed E-state index contributed by atoms with van der Waals surface area (Å²) in [5.41, 5.74) is 11.5. The fourth-order valence-corrected chi connectivity index (χ4v) is 3.29. The summed E-state index contributed by atoms with van der Waals surface area (Å²) >= 11 is 0. The Morgan fingerprint density at radius 3 is 2.36 bits per heavy atom. The number of amides is 1. The van der Waals surface area contributed by atoms with Gasteiger partial charge in [0.1, 0.15) is 0 Å². The van der Waals surface area contributed by atoms with Gasteiger partial charge >= 0.3 is 5.97 Å². The lowest BCUT2D eigenvalue weighted by Crippen LogP contribution is -2.12. The number of nitrogens with one attached hydrogen (secondary N) is 1. The van der Waals surface area contributed by atoms with Crippen LogP contribution in [0.1, 0.15) is 28.0 Å². The van der Waals surface area contributed by atoms with Crippen molar-refractivity contribution in [2.24, 2.45) is 5.73 Å². The highest BCUT2D eigenvalue weighted by molar-refractivity contribution is 5.93. The van der Waals surface area contributed by atoms with Gasteiger partial charge in [0.2, 0.25) is 5.91 Å². The van der Waals surface area contributed by atoms with Crippen LogP contribution < -0.4 is 11.1 Å². The van der Waals surface area contributed by atoms with Gasteiger partial charge in [0.05, 0.1) is 12.1 Å². The van der Waals surface area contributed by atoms with E-state index < -0.39 is 11.9 Å². The molecule has 1 amide bonds. The zero-order valence-corrected chi connectivity index (χ0v) is 15.9. The normalized spacial score (nSPS) is 10.6. The van der Waals surface area contributed by atoms with Crippen molar-refractivity contribution in [2.45, 2.75) is 19.8 Å². The third-order valence-corrected chi connectivity index (χ3v) is 4.75. The molecule has 0 fully saturated rings. The Balaban J connectivity index is 2.14. The minimum Gasteiger partial charge on any atom is -0.481 e. The number of carbonyl (C=O) groups is 2. The van der Waals surface area contributed by atoms with Crippen LogP contribution in [-0.4, -0.2) is 28.6 Å². The zero-order chi connectivity index (χ0) is 20.3. The van der Waals surface area contributed by atoms with E-state index in [2.05, 4.69) is 9.88 Å². The Labute approximate surface area is 163 Å². The van der Waals surface area contributed by atoms with Crippen molar-refractivity contribution in [3.8, 4) is 16.9 Å². The first-order valence-electron chi connectivity index (χ1n) is 9.02. The Morgan fingerprint density at radius 1 is 1.07 bits per heavy atom. The standard InChI is InChI=1S/C22H23N3O3/c1-14-13-16(22(23)28)5-10-19(14)25-18(9-12-21(26)27)8-11-20(25)15-3-6-17(24-2)7-4-15/h3-8,10-11,13,24H,9,12H2,1-2H3,(H2,23,28)(H,26,27). The van der Waals surface area contributed by atoms with Gasteiger partial charge in [-0.15, -0.1) is 0 Å². The number of nitrogens with zero attached hydrogens (tertiary/aromatic N) is 1. The maximum atomic E-state index is 11.5. The maximum absolute atomic E-state index is 11.5. The lowest BCUT2D eigenvalue weighted by atomic mass is 10.1. The Bertz CT molecular complexity index is 1020. The fraction of sp³-hybridized carbons (Fsp3) is 0.182. The van der Waals surface area contributed by atoms with Crippen molar-refractivity contribution in [2.75, 3.05) is 12.4 Å². The first-order chi connectivity index (χ1) is 13.4. The van der Waals surface area contributed by atoms with Crippen LogP contribution in [0.25, 0.3) is 16.9 Å². The van der Waals surface area contributed by atoms with Crippen molar-refractivity contribution in [1.29, 1.82) is 0 Å². The van der Waals surface area contributed by atoms with Crippen molar-refractivity contribution in [3.63, 3.8) is 0 Å². The van der Waals surface area contributed by atoms with Gasteiger partial charge < -0.3 is 20.7 Å². The fourth-order valence-electron chi connectivity index (χ4n) is 3.29. The van der Waals surface area contributed by atoms with Gasteiger partial charge in [0.25, 0.3) is 0 Å². The van der Waals surface area contributed by atoms with Crippen LogP contribution in [0, 0.1) is 6.92 Å². The highest BCUT2D eigenvalue weighted by Gasteiger charge is 2.15. The first kappa shape index (κ1) is 19.2. The maximum Gasteiger partial charge on any atom is 0.303 e. The zero-order valence-electron chi connectivity index (χ0n) is 15.9. The topological polar surface area (TPSA) is 97.3 Å². The lowest BCUT2D eigenvalue weighted by Gasteiger charge is -2.17. The van der Waals surface area contributed by atoms with Gasteiger partial charge in [-0.2, -0.15) is 0 Å². The van der Waals surface area contributed by atoms with E-state index in [1.165, 1.54) is 0 Å². The summed E-state index contributed by atoms with van der Waals surface area (Å²) in [5, 5.41) is 12.2. The third-order valence-electron chi connectivity index (χ3n) is 4.75. The molecule has 1 aromatic heterocycles. The molecule has 3 aromatic rings. The van der Waals surface area contributed by atoms with Gasteiger partial charge in [0, 0.05) is 29.7 Å². The van der Waals surface area contributed by atoms with E-state index in [4.69, 9.17) is 10.8 Å². The Hall–Kier alpha value is -3.54. The van der Waals surface area contributed by atoms with Gasteiger partial charge in [-0.1, -0.05) is 12.1 Å². The van der Waals surface area contributed by atoms with E-state index in [-0.39, 0.29) is 6.42 Å². The SMILES string of the molecule is CNc1ccc(-c2ccc(CCC(=O)O)n2-c2ccc(C(N)=O)cc2C)cc1. The van der Waals surface area contributed by atoms with Crippen LogP contribution in [0.15, 0.2) is 54.6 Å². The van der Waals surface area contributed by atoms with Crippen LogP contribution in [-0.2, 0) is 11.2 Å². The largest absolute Gasteiger partial charge is 0.481 e. The van der Waals surface area contributed by atoms with E-state index in [9.17, 15) is 9.59 Å². The third kappa shape index (κ3) is 3.91. The number of benzene rings is 2. The summed E-state index contributed by atoms with van der Waals surface area (Å²) in [5.74, 6) is -1.32. The van der Waals surface area contributed by atoms with Crippen molar-refractivity contribution >= 4 is 17.6 Å². The molecule has 0 bridgehead atoms. The number of rotatable bonds is 7. The smallest absolute Gasteiger partial charge is 0.303 e. The molecule has 0 atom stereocenters. The number of aryl methyl sites for hydroxylation is 2. The van der Waals surface area contributed by atoms with E-state index in [1.807, 2.05) is 56.4 Å². The van der Waals surface area contributed by atoms with E-state index in [0.717, 1.165) is 33.9 Å². The number of hydrogen-bond acceptors (Lipinski definition) is 3. The Kier molecular flexibility index (Phi) is 5.49. The molecule has 0 saturated heterocycles. The molecule has 0 unspecified atom stereocenters. The average molecular weight is 377 g/mol. The number of carboxylic acid groups (broad SMARTS) is 1. The second kappa shape index (κ2) is 8.00. The molecular weight excluding hydrogens is 354 g/mol. The van der Waals surface area contributed by atoms with Crippen LogP contribution >= 0.6 is 0 Å². The molecule has 0 spiro atoms. The monoisotopic (exact) mass is 377 g/mol. The summed E-state index contributed by atoms with van der Waals surface area (Å²) in [7, 11) is 1.87. The molecule has 2 aromatic carbocycles. The number of aliphatic carboxylic acids is 1. The molecule has 4 N–H and O–H groups in total. The highest BCUT2D eigenvalue weighted by Crippen LogP contribution is 2.30. The van der Waals surface area contributed by atoms with Crippen molar-refractivity contribution in [3.05, 3.63) is 71.4 Å². The van der Waals surface area contributed by atoms with Gasteiger partial charge in [-0.25, -0.2) is 0 Å². The number of nitrogens with two attached hydrogens (primary N) is 1. The number of primary amides is 1. The second-order valence-corrected chi connectivity index (χ2v) is 6.63. The number of carboxylic acids is 1. The summed E-state index contributed by atoms with van der Waals surface area (Å²) < 4.78 is 2.05. The molecule has 0 radical (unpaired) electrons. The predicted octanol–water partition coefficient (Wildman–Crippen LogP) is 3.61. The molecule has 28 heavy (non-hydrogen) atoms. The van der Waals surface area contributed by atoms with Crippen LogP contribution in [0.5, 0.6) is 0 Å². The number of anilines is 1. The van der Waals surface area contributed by atoms with Crippen molar-refractivity contribution in [1.82, 2.24) is 4.57 Å². The minimum absolute atomic E-state index is 0.0422. The van der Waals surface area contributed by atoms with E-state index >= 15 is 0 Å². The highest BCUT2D eigenvalue weighted by atomic mass is 16.4. The lowest BCUT2D eigenvalue weighted by molar-refractivity contribution is -0.136. The number of hydrogen-bond donors (Lipinski definition) is 3. The molecule has 0 aliphatic heterocycles. The first-order valence-corrected chi connectivity index (χ1v) is 9.02. The molecule has 144 valence electrons.